The zero-order chi connectivity index (χ0) is 14.2. The van der Waals surface area contributed by atoms with Gasteiger partial charge in [-0.1, -0.05) is 6.42 Å². The van der Waals surface area contributed by atoms with Crippen LogP contribution in [-0.4, -0.2) is 47.7 Å². The average molecular weight is 279 g/mol. The van der Waals surface area contributed by atoms with E-state index in [0.29, 0.717) is 24.9 Å². The Balaban J connectivity index is 1.80. The minimum atomic E-state index is 0.405. The summed E-state index contributed by atoms with van der Waals surface area (Å²) >= 11 is 0. The number of rotatable bonds is 7. The molecule has 0 aliphatic carbocycles. The number of piperidine rings is 1. The molecule has 0 aromatic carbocycles. The highest BCUT2D eigenvalue weighted by Crippen LogP contribution is 2.10. The van der Waals surface area contributed by atoms with Crippen LogP contribution in [0.1, 0.15) is 32.0 Å². The van der Waals surface area contributed by atoms with Gasteiger partial charge in [0.1, 0.15) is 18.2 Å². The first-order chi connectivity index (χ1) is 9.78. The van der Waals surface area contributed by atoms with E-state index >= 15 is 0 Å². The Labute approximate surface area is 120 Å². The molecule has 2 rings (SSSR count). The van der Waals surface area contributed by atoms with Crippen molar-refractivity contribution >= 4 is 11.6 Å². The Hall–Kier alpha value is -1.40. The molecule has 20 heavy (non-hydrogen) atoms. The number of nitrogens with one attached hydrogen (secondary N) is 1. The Morgan fingerprint density at radius 1 is 1.30 bits per heavy atom. The van der Waals surface area contributed by atoms with Gasteiger partial charge in [-0.05, 0) is 32.9 Å². The van der Waals surface area contributed by atoms with E-state index in [1.54, 1.807) is 6.07 Å². The highest BCUT2D eigenvalue weighted by atomic mass is 16.5. The molecule has 1 aromatic heterocycles. The van der Waals surface area contributed by atoms with E-state index in [4.69, 9.17) is 10.5 Å². The second kappa shape index (κ2) is 8.01. The first kappa shape index (κ1) is 15.0. The summed E-state index contributed by atoms with van der Waals surface area (Å²) in [6.45, 7) is 7.35. The maximum atomic E-state index is 5.79. The van der Waals surface area contributed by atoms with Crippen molar-refractivity contribution in [3.63, 3.8) is 0 Å². The lowest BCUT2D eigenvalue weighted by molar-refractivity contribution is 0.128. The smallest absolute Gasteiger partial charge is 0.158 e. The number of anilines is 2. The minimum absolute atomic E-state index is 0.405. The molecule has 0 atom stereocenters. The molecule has 0 bridgehead atoms. The molecule has 112 valence electrons. The Kier molecular flexibility index (Phi) is 6.01. The largest absolute Gasteiger partial charge is 0.384 e. The van der Waals surface area contributed by atoms with Crippen molar-refractivity contribution in [3.05, 3.63) is 11.9 Å². The zero-order valence-electron chi connectivity index (χ0n) is 12.3. The lowest BCUT2D eigenvalue weighted by Gasteiger charge is -2.26. The summed E-state index contributed by atoms with van der Waals surface area (Å²) in [7, 11) is 0. The summed E-state index contributed by atoms with van der Waals surface area (Å²) in [5, 5.41) is 3.32. The number of nitrogens with two attached hydrogens (primary N) is 1. The summed E-state index contributed by atoms with van der Waals surface area (Å²) in [4.78, 5) is 11.1. The van der Waals surface area contributed by atoms with Gasteiger partial charge >= 0.3 is 0 Å². The van der Waals surface area contributed by atoms with Gasteiger partial charge < -0.3 is 20.7 Å². The maximum Gasteiger partial charge on any atom is 0.158 e. The van der Waals surface area contributed by atoms with E-state index in [9.17, 15) is 0 Å². The highest BCUT2D eigenvalue weighted by molar-refractivity contribution is 5.44. The Morgan fingerprint density at radius 2 is 2.10 bits per heavy atom. The van der Waals surface area contributed by atoms with Crippen molar-refractivity contribution < 1.29 is 4.74 Å². The van der Waals surface area contributed by atoms with E-state index in [1.165, 1.54) is 32.4 Å². The lowest BCUT2D eigenvalue weighted by atomic mass is 10.1. The Bertz CT molecular complexity index is 407. The fourth-order valence-electron chi connectivity index (χ4n) is 2.39. The van der Waals surface area contributed by atoms with E-state index in [2.05, 4.69) is 20.2 Å². The second-order valence-corrected chi connectivity index (χ2v) is 5.06. The molecule has 3 N–H and O–H groups in total. The molecule has 1 aliphatic rings. The standard InChI is InChI=1S/C14H25N5O/c1-2-20-11-14-17-12(15)10-13(18-14)16-6-9-19-7-4-3-5-8-19/h10H,2-9,11H2,1H3,(H3,15,16,17,18). The van der Waals surface area contributed by atoms with Crippen molar-refractivity contribution in [1.82, 2.24) is 14.9 Å². The molecule has 6 nitrogen and oxygen atoms in total. The fourth-order valence-corrected chi connectivity index (χ4v) is 2.39. The molecule has 1 aliphatic heterocycles. The highest BCUT2D eigenvalue weighted by Gasteiger charge is 2.09. The third kappa shape index (κ3) is 4.94. The van der Waals surface area contributed by atoms with Gasteiger partial charge in [-0.25, -0.2) is 9.97 Å². The SMILES string of the molecule is CCOCc1nc(N)cc(NCCN2CCCCC2)n1. The van der Waals surface area contributed by atoms with Gasteiger partial charge in [0.25, 0.3) is 0 Å². The fraction of sp³-hybridized carbons (Fsp3) is 0.714. The van der Waals surface area contributed by atoms with Crippen LogP contribution in [0.4, 0.5) is 11.6 Å². The molecule has 1 aromatic rings. The summed E-state index contributed by atoms with van der Waals surface area (Å²) < 4.78 is 5.31. The van der Waals surface area contributed by atoms with Crippen LogP contribution >= 0.6 is 0 Å². The molecule has 0 unspecified atom stereocenters. The normalized spacial score (nSPS) is 16.2. The molecular weight excluding hydrogens is 254 g/mol. The van der Waals surface area contributed by atoms with Crippen LogP contribution in [0.3, 0.4) is 0 Å². The first-order valence-corrected chi connectivity index (χ1v) is 7.45. The number of hydrogen-bond donors (Lipinski definition) is 2. The van der Waals surface area contributed by atoms with Gasteiger partial charge in [0.15, 0.2) is 5.82 Å². The molecule has 0 saturated carbocycles. The van der Waals surface area contributed by atoms with Crippen molar-refractivity contribution in [3.8, 4) is 0 Å². The molecule has 1 fully saturated rings. The summed E-state index contributed by atoms with van der Waals surface area (Å²) in [5.74, 6) is 1.90. The van der Waals surface area contributed by atoms with Gasteiger partial charge in [-0.2, -0.15) is 0 Å². The van der Waals surface area contributed by atoms with E-state index < -0.39 is 0 Å². The predicted octanol–water partition coefficient (Wildman–Crippen LogP) is 1.49. The Morgan fingerprint density at radius 3 is 2.85 bits per heavy atom. The topological polar surface area (TPSA) is 76.3 Å². The average Bonchev–Trinajstić information content (AvgIpc) is 2.46. The molecule has 2 heterocycles. The van der Waals surface area contributed by atoms with Gasteiger partial charge in [0, 0.05) is 25.8 Å². The van der Waals surface area contributed by atoms with E-state index in [1.807, 2.05) is 6.92 Å². The molecule has 0 amide bonds. The number of nitrogens with zero attached hydrogens (tertiary/aromatic N) is 3. The second-order valence-electron chi connectivity index (χ2n) is 5.06. The van der Waals surface area contributed by atoms with Crippen molar-refractivity contribution in [1.29, 1.82) is 0 Å². The third-order valence-electron chi connectivity index (χ3n) is 3.41. The number of aromatic nitrogens is 2. The maximum absolute atomic E-state index is 5.79. The number of ether oxygens (including phenoxy) is 1. The lowest BCUT2D eigenvalue weighted by Crippen LogP contribution is -2.33. The number of likely N-dealkylation sites (tertiary alicyclic amines) is 1. The van der Waals surface area contributed by atoms with E-state index in [-0.39, 0.29) is 0 Å². The summed E-state index contributed by atoms with van der Waals surface area (Å²) in [6, 6.07) is 1.77. The number of nitrogen functional groups attached to an aromatic ring is 1. The van der Waals surface area contributed by atoms with Crippen LogP contribution in [0.5, 0.6) is 0 Å². The van der Waals surface area contributed by atoms with Gasteiger partial charge in [-0.3, -0.25) is 0 Å². The molecule has 0 radical (unpaired) electrons. The summed E-state index contributed by atoms with van der Waals surface area (Å²) in [5.41, 5.74) is 5.79. The summed E-state index contributed by atoms with van der Waals surface area (Å²) in [6.07, 6.45) is 4.01. The molecule has 0 spiro atoms. The monoisotopic (exact) mass is 279 g/mol. The zero-order valence-corrected chi connectivity index (χ0v) is 12.3. The number of hydrogen-bond acceptors (Lipinski definition) is 6. The van der Waals surface area contributed by atoms with Crippen LogP contribution in [0.25, 0.3) is 0 Å². The quantitative estimate of drug-likeness (QED) is 0.787. The van der Waals surface area contributed by atoms with Crippen LogP contribution in [-0.2, 0) is 11.3 Å². The van der Waals surface area contributed by atoms with Crippen molar-refractivity contribution in [2.45, 2.75) is 32.8 Å². The van der Waals surface area contributed by atoms with Crippen LogP contribution < -0.4 is 11.1 Å². The van der Waals surface area contributed by atoms with Gasteiger partial charge in [0.2, 0.25) is 0 Å². The molecule has 6 heteroatoms. The first-order valence-electron chi connectivity index (χ1n) is 7.45. The van der Waals surface area contributed by atoms with Gasteiger partial charge in [0.05, 0.1) is 0 Å². The van der Waals surface area contributed by atoms with Crippen LogP contribution in [0.2, 0.25) is 0 Å². The molecular formula is C14H25N5O. The third-order valence-corrected chi connectivity index (χ3v) is 3.41. The molecule has 1 saturated heterocycles. The minimum Gasteiger partial charge on any atom is -0.384 e. The van der Waals surface area contributed by atoms with Gasteiger partial charge in [-0.15, -0.1) is 0 Å². The van der Waals surface area contributed by atoms with Crippen molar-refractivity contribution in [2.75, 3.05) is 43.8 Å². The van der Waals surface area contributed by atoms with Crippen molar-refractivity contribution in [2.24, 2.45) is 0 Å². The predicted molar refractivity (Wildman–Crippen MR) is 80.6 cm³/mol. The van der Waals surface area contributed by atoms with Crippen LogP contribution in [0, 0.1) is 0 Å². The van der Waals surface area contributed by atoms with Crippen LogP contribution in [0.15, 0.2) is 6.07 Å². The van der Waals surface area contributed by atoms with E-state index in [0.717, 1.165) is 18.9 Å².